The maximum atomic E-state index is 10.9. The Labute approximate surface area is 97.2 Å². The molecule has 60 valence electrons. The van der Waals surface area contributed by atoms with Crippen LogP contribution in [0.15, 0.2) is 0 Å². The zero-order valence-electron chi connectivity index (χ0n) is 7.09. The van der Waals surface area contributed by atoms with Crippen molar-refractivity contribution in [1.29, 1.82) is 0 Å². The van der Waals surface area contributed by atoms with E-state index >= 15 is 0 Å². The molecule has 0 N–H and O–H groups in total. The van der Waals surface area contributed by atoms with Crippen molar-refractivity contribution in [2.45, 2.75) is 6.92 Å². The van der Waals surface area contributed by atoms with Crippen molar-refractivity contribution in [3.8, 4) is 11.9 Å². The largest absolute Gasteiger partial charge is 1.00 e. The molecule has 0 aromatic carbocycles. The van der Waals surface area contributed by atoms with Crippen molar-refractivity contribution in [3.05, 3.63) is 10.7 Å². The molecule has 0 aliphatic carbocycles. The molecular formula is C6H6ClN2NaO2. The van der Waals surface area contributed by atoms with Crippen molar-refractivity contribution in [2.75, 3.05) is 7.11 Å². The second kappa shape index (κ2) is 4.87. The van der Waals surface area contributed by atoms with Crippen LogP contribution in [0.1, 0.15) is 5.69 Å². The van der Waals surface area contributed by atoms with Gasteiger partial charge in [0.1, 0.15) is 0 Å². The molecule has 0 aliphatic heterocycles. The van der Waals surface area contributed by atoms with E-state index < -0.39 is 5.88 Å². The summed E-state index contributed by atoms with van der Waals surface area (Å²) in [5, 5.41) is 10.9. The molecule has 0 saturated carbocycles. The molecule has 0 bridgehead atoms. The van der Waals surface area contributed by atoms with Crippen LogP contribution in [0, 0.1) is 6.92 Å². The minimum absolute atomic E-state index is 0. The maximum Gasteiger partial charge on any atom is 1.00 e. The molecule has 0 atom stereocenters. The van der Waals surface area contributed by atoms with E-state index in [0.717, 1.165) is 0 Å². The number of aromatic nitrogens is 2. The Balaban J connectivity index is 0.00000121. The van der Waals surface area contributed by atoms with Crippen LogP contribution in [0.25, 0.3) is 0 Å². The van der Waals surface area contributed by atoms with Crippen LogP contribution in [0.4, 0.5) is 0 Å². The molecular weight excluding hydrogens is 191 g/mol. The maximum absolute atomic E-state index is 10.9. The van der Waals surface area contributed by atoms with E-state index in [9.17, 15) is 5.11 Å². The number of halogens is 1. The van der Waals surface area contributed by atoms with Gasteiger partial charge in [0, 0.05) is 5.88 Å². The van der Waals surface area contributed by atoms with Gasteiger partial charge in [-0.15, -0.1) is 0 Å². The van der Waals surface area contributed by atoms with E-state index in [2.05, 4.69) is 14.7 Å². The average molecular weight is 197 g/mol. The first-order chi connectivity index (χ1) is 5.15. The van der Waals surface area contributed by atoms with Crippen molar-refractivity contribution in [2.24, 2.45) is 0 Å². The molecule has 0 radical (unpaired) electrons. The van der Waals surface area contributed by atoms with Gasteiger partial charge in [0.15, 0.2) is 0 Å². The number of ether oxygens (including phenoxy) is 1. The molecule has 4 nitrogen and oxygen atoms in total. The molecule has 0 saturated heterocycles. The minimum atomic E-state index is -0.504. The van der Waals surface area contributed by atoms with E-state index in [4.69, 9.17) is 11.6 Å². The van der Waals surface area contributed by atoms with Gasteiger partial charge in [-0.2, -0.15) is 4.98 Å². The summed E-state index contributed by atoms with van der Waals surface area (Å²) in [6, 6.07) is 0.0527. The summed E-state index contributed by atoms with van der Waals surface area (Å²) in [7, 11) is 1.39. The molecule has 6 heteroatoms. The first-order valence-corrected chi connectivity index (χ1v) is 3.28. The van der Waals surface area contributed by atoms with Crippen molar-refractivity contribution < 1.29 is 39.4 Å². The number of methoxy groups -OCH3 is 1. The number of rotatable bonds is 1. The molecule has 0 spiro atoms. The van der Waals surface area contributed by atoms with Crippen molar-refractivity contribution in [3.63, 3.8) is 0 Å². The second-order valence-electron chi connectivity index (χ2n) is 1.91. The molecule has 1 heterocycles. The summed E-state index contributed by atoms with van der Waals surface area (Å²) < 4.78 is 4.65. The molecule has 12 heavy (non-hydrogen) atoms. The molecule has 0 unspecified atom stereocenters. The molecule has 1 aromatic rings. The summed E-state index contributed by atoms with van der Waals surface area (Å²) >= 11 is 5.51. The van der Waals surface area contributed by atoms with Crippen LogP contribution in [0.2, 0.25) is 5.02 Å². The smallest absolute Gasteiger partial charge is 0.857 e. The topological polar surface area (TPSA) is 58.1 Å². The summed E-state index contributed by atoms with van der Waals surface area (Å²) in [6.07, 6.45) is 0. The minimum Gasteiger partial charge on any atom is -0.857 e. The van der Waals surface area contributed by atoms with Gasteiger partial charge in [0.2, 0.25) is 0 Å². The number of hydrogen-bond donors (Lipinski definition) is 0. The number of aryl methyl sites for hydroxylation is 1. The molecule has 1 aromatic heterocycles. The average Bonchev–Trinajstić information content (AvgIpc) is 1.99. The van der Waals surface area contributed by atoms with E-state index in [1.165, 1.54) is 7.11 Å². The first-order valence-electron chi connectivity index (χ1n) is 2.90. The zero-order chi connectivity index (χ0) is 8.43. The van der Waals surface area contributed by atoms with E-state index in [1.807, 2.05) is 0 Å². The third-order valence-electron chi connectivity index (χ3n) is 1.15. The summed E-state index contributed by atoms with van der Waals surface area (Å²) in [6.45, 7) is 1.62. The first kappa shape index (κ1) is 12.0. The predicted molar refractivity (Wildman–Crippen MR) is 37.8 cm³/mol. The predicted octanol–water partition coefficient (Wildman–Crippen LogP) is -2.48. The van der Waals surface area contributed by atoms with Gasteiger partial charge < -0.3 is 9.84 Å². The van der Waals surface area contributed by atoms with Gasteiger partial charge in [-0.05, 0) is 6.92 Å². The third kappa shape index (κ3) is 2.48. The van der Waals surface area contributed by atoms with E-state index in [1.54, 1.807) is 6.92 Å². The number of hydrogen-bond acceptors (Lipinski definition) is 4. The quantitative estimate of drug-likeness (QED) is 0.467. The second-order valence-corrected chi connectivity index (χ2v) is 2.29. The summed E-state index contributed by atoms with van der Waals surface area (Å²) in [5.74, 6) is -0.504. The summed E-state index contributed by atoms with van der Waals surface area (Å²) in [5.41, 5.74) is 0.434. The van der Waals surface area contributed by atoms with Crippen LogP contribution >= 0.6 is 11.6 Å². The Morgan fingerprint density at radius 3 is 2.42 bits per heavy atom. The monoisotopic (exact) mass is 196 g/mol. The van der Waals surface area contributed by atoms with Crippen molar-refractivity contribution >= 4 is 11.6 Å². The fraction of sp³-hybridized carbons (Fsp3) is 0.333. The van der Waals surface area contributed by atoms with Gasteiger partial charge in [-0.3, -0.25) is 0 Å². The molecule has 1 rings (SSSR count). The number of nitrogens with zero attached hydrogens (tertiary/aromatic N) is 2. The van der Waals surface area contributed by atoms with Crippen LogP contribution in [-0.4, -0.2) is 17.1 Å². The Bertz CT molecular complexity index is 259. The van der Waals surface area contributed by atoms with Crippen LogP contribution < -0.4 is 39.4 Å². The van der Waals surface area contributed by atoms with Crippen LogP contribution in [0.3, 0.4) is 0 Å². The fourth-order valence-corrected chi connectivity index (χ4v) is 0.684. The van der Waals surface area contributed by atoms with Gasteiger partial charge >= 0.3 is 35.6 Å². The van der Waals surface area contributed by atoms with Gasteiger partial charge in [0.05, 0.1) is 17.8 Å². The molecule has 0 fully saturated rings. The van der Waals surface area contributed by atoms with Gasteiger partial charge in [-0.1, -0.05) is 11.6 Å². The van der Waals surface area contributed by atoms with Gasteiger partial charge in [0.25, 0.3) is 0 Å². The van der Waals surface area contributed by atoms with Crippen molar-refractivity contribution in [1.82, 2.24) is 9.97 Å². The van der Waals surface area contributed by atoms with Crippen LogP contribution in [-0.2, 0) is 0 Å². The SMILES string of the molecule is COc1nc(C)c(Cl)c([O-])n1.[Na+]. The third-order valence-corrected chi connectivity index (χ3v) is 1.58. The fourth-order valence-electron chi connectivity index (χ4n) is 0.600. The normalized spacial score (nSPS) is 8.92. The standard InChI is InChI=1S/C6H7ClN2O2.Na/c1-3-4(7)5(10)9-6(8-3)11-2;/h1-2H3,(H,8,9,10);/q;+1/p-1. The van der Waals surface area contributed by atoms with Gasteiger partial charge in [-0.25, -0.2) is 4.98 Å². The Hall–Kier alpha value is -0.0300. The van der Waals surface area contributed by atoms with E-state index in [0.29, 0.717) is 5.69 Å². The Morgan fingerprint density at radius 1 is 1.42 bits per heavy atom. The molecule has 0 amide bonds. The zero-order valence-corrected chi connectivity index (χ0v) is 9.84. The Morgan fingerprint density at radius 2 is 2.00 bits per heavy atom. The molecule has 0 aliphatic rings. The summed E-state index contributed by atoms with van der Waals surface area (Å²) in [4.78, 5) is 7.22. The van der Waals surface area contributed by atoms with E-state index in [-0.39, 0.29) is 40.6 Å². The van der Waals surface area contributed by atoms with Crippen LogP contribution in [0.5, 0.6) is 11.9 Å². The Kier molecular flexibility index (Phi) is 4.85.